The first-order valence-electron chi connectivity index (χ1n) is 9.13. The third-order valence-corrected chi connectivity index (χ3v) is 5.91. The van der Waals surface area contributed by atoms with Gasteiger partial charge in [-0.3, -0.25) is 4.79 Å². The second kappa shape index (κ2) is 8.75. The molecule has 0 bridgehead atoms. The predicted molar refractivity (Wildman–Crippen MR) is 110 cm³/mol. The quantitative estimate of drug-likeness (QED) is 0.740. The monoisotopic (exact) mass is 404 g/mol. The molecule has 0 saturated heterocycles. The molecule has 0 aliphatic carbocycles. The first-order chi connectivity index (χ1) is 13.0. The Labute approximate surface area is 167 Å². The van der Waals surface area contributed by atoms with Crippen molar-refractivity contribution in [1.29, 1.82) is 0 Å². The molecule has 28 heavy (non-hydrogen) atoms. The number of rotatable bonds is 7. The molecule has 0 saturated carbocycles. The molecule has 0 fully saturated rings. The number of benzene rings is 2. The van der Waals surface area contributed by atoms with Crippen LogP contribution in [0, 0.1) is 13.8 Å². The van der Waals surface area contributed by atoms with Gasteiger partial charge in [0, 0.05) is 12.1 Å². The maximum atomic E-state index is 12.9. The second-order valence-corrected chi connectivity index (χ2v) is 8.91. The fraction of sp³-hybridized carbons (Fsp3) is 0.381. The molecule has 0 aliphatic heterocycles. The zero-order chi connectivity index (χ0) is 21.1. The van der Waals surface area contributed by atoms with Gasteiger partial charge in [0.2, 0.25) is 10.0 Å². The minimum atomic E-state index is -3.83. The number of sulfonamides is 1. The lowest BCUT2D eigenvalue weighted by atomic mass is 10.0. The van der Waals surface area contributed by atoms with Crippen LogP contribution in [0.5, 0.6) is 5.75 Å². The van der Waals surface area contributed by atoms with Crippen molar-refractivity contribution in [3.8, 4) is 5.75 Å². The van der Waals surface area contributed by atoms with Crippen LogP contribution in [-0.2, 0) is 10.0 Å². The molecular formula is C21H28N2O4S. The Hall–Kier alpha value is -2.38. The number of nitrogens with one attached hydrogen (secondary N) is 2. The lowest BCUT2D eigenvalue weighted by Gasteiger charge is -2.18. The van der Waals surface area contributed by atoms with Crippen LogP contribution in [0.2, 0.25) is 0 Å². The summed E-state index contributed by atoms with van der Waals surface area (Å²) < 4.78 is 33.7. The van der Waals surface area contributed by atoms with Crippen LogP contribution in [0.25, 0.3) is 0 Å². The van der Waals surface area contributed by atoms with Gasteiger partial charge in [0.05, 0.1) is 17.6 Å². The van der Waals surface area contributed by atoms with Crippen molar-refractivity contribution in [2.75, 3.05) is 7.11 Å². The molecule has 1 amide bonds. The molecule has 0 unspecified atom stereocenters. The molecule has 7 heteroatoms. The van der Waals surface area contributed by atoms with Crippen molar-refractivity contribution < 1.29 is 17.9 Å². The number of aryl methyl sites for hydroxylation is 2. The van der Waals surface area contributed by atoms with E-state index in [0.717, 1.165) is 16.7 Å². The molecule has 2 aromatic rings. The van der Waals surface area contributed by atoms with Gasteiger partial charge in [-0.2, -0.15) is 0 Å². The van der Waals surface area contributed by atoms with E-state index in [1.54, 1.807) is 6.92 Å². The zero-order valence-electron chi connectivity index (χ0n) is 17.2. The number of amides is 1. The largest absolute Gasteiger partial charge is 0.496 e. The Balaban J connectivity index is 2.35. The number of carbonyl (C=O) groups is 1. The second-order valence-electron chi connectivity index (χ2n) is 7.19. The number of hydrogen-bond donors (Lipinski definition) is 2. The van der Waals surface area contributed by atoms with Crippen molar-refractivity contribution in [2.45, 2.75) is 51.6 Å². The summed E-state index contributed by atoms with van der Waals surface area (Å²) in [6, 6.07) is 9.66. The number of hydrogen-bond acceptors (Lipinski definition) is 4. The van der Waals surface area contributed by atoms with E-state index in [1.165, 1.54) is 25.3 Å². The Morgan fingerprint density at radius 2 is 1.71 bits per heavy atom. The molecule has 0 aromatic heterocycles. The van der Waals surface area contributed by atoms with Crippen molar-refractivity contribution in [1.82, 2.24) is 10.0 Å². The van der Waals surface area contributed by atoms with E-state index in [2.05, 4.69) is 10.0 Å². The molecule has 2 N–H and O–H groups in total. The van der Waals surface area contributed by atoms with Gasteiger partial charge >= 0.3 is 0 Å². The molecule has 0 spiro atoms. The highest BCUT2D eigenvalue weighted by Crippen LogP contribution is 2.25. The van der Waals surface area contributed by atoms with E-state index < -0.39 is 16.1 Å². The first kappa shape index (κ1) is 21.9. The maximum absolute atomic E-state index is 12.9. The van der Waals surface area contributed by atoms with Gasteiger partial charge in [-0.15, -0.1) is 0 Å². The molecule has 0 heterocycles. The van der Waals surface area contributed by atoms with Gasteiger partial charge in [0.1, 0.15) is 5.75 Å². The van der Waals surface area contributed by atoms with Crippen molar-refractivity contribution in [3.63, 3.8) is 0 Å². The van der Waals surface area contributed by atoms with Gasteiger partial charge < -0.3 is 10.1 Å². The van der Waals surface area contributed by atoms with Gasteiger partial charge in [-0.1, -0.05) is 23.8 Å². The molecule has 152 valence electrons. The molecule has 1 atom stereocenters. The van der Waals surface area contributed by atoms with Gasteiger partial charge in [0.15, 0.2) is 0 Å². The van der Waals surface area contributed by atoms with E-state index in [4.69, 9.17) is 4.74 Å². The predicted octanol–water partition coefficient (Wildman–Crippen LogP) is 3.49. The van der Waals surface area contributed by atoms with Gasteiger partial charge in [-0.25, -0.2) is 13.1 Å². The molecular weight excluding hydrogens is 376 g/mol. The summed E-state index contributed by atoms with van der Waals surface area (Å²) in [5.41, 5.74) is 3.22. The summed E-state index contributed by atoms with van der Waals surface area (Å²) in [7, 11) is -2.39. The van der Waals surface area contributed by atoms with Crippen LogP contribution in [0.3, 0.4) is 0 Å². The topological polar surface area (TPSA) is 84.5 Å². The molecule has 2 aromatic carbocycles. The van der Waals surface area contributed by atoms with Crippen LogP contribution < -0.4 is 14.8 Å². The Bertz CT molecular complexity index is 968. The third kappa shape index (κ3) is 5.11. The van der Waals surface area contributed by atoms with E-state index in [9.17, 15) is 13.2 Å². The summed E-state index contributed by atoms with van der Waals surface area (Å²) in [4.78, 5) is 12.4. The third-order valence-electron chi connectivity index (χ3n) is 4.37. The smallest absolute Gasteiger partial charge is 0.255 e. The van der Waals surface area contributed by atoms with Crippen LogP contribution in [0.1, 0.15) is 53.9 Å². The van der Waals surface area contributed by atoms with Crippen molar-refractivity contribution in [2.24, 2.45) is 0 Å². The summed E-state index contributed by atoms with van der Waals surface area (Å²) in [6.45, 7) is 9.41. The highest BCUT2D eigenvalue weighted by molar-refractivity contribution is 7.89. The SMILES string of the molecule is COc1ccc(S(=O)(=O)N[C@H](C)c2ccc(C)cc2C)cc1C(=O)NC(C)C. The Morgan fingerprint density at radius 1 is 1.04 bits per heavy atom. The first-order valence-corrected chi connectivity index (χ1v) is 10.6. The normalized spacial score (nSPS) is 12.7. The van der Waals surface area contributed by atoms with Crippen LogP contribution >= 0.6 is 0 Å². The van der Waals surface area contributed by atoms with Crippen molar-refractivity contribution in [3.05, 3.63) is 58.7 Å². The fourth-order valence-electron chi connectivity index (χ4n) is 3.05. The van der Waals surface area contributed by atoms with Crippen LogP contribution in [0.15, 0.2) is 41.3 Å². The van der Waals surface area contributed by atoms with Gasteiger partial charge in [-0.05, 0) is 63.9 Å². The van der Waals surface area contributed by atoms with Crippen LogP contribution in [0.4, 0.5) is 0 Å². The lowest BCUT2D eigenvalue weighted by molar-refractivity contribution is 0.0940. The molecule has 6 nitrogen and oxygen atoms in total. The van der Waals surface area contributed by atoms with Crippen LogP contribution in [-0.4, -0.2) is 27.5 Å². The highest BCUT2D eigenvalue weighted by Gasteiger charge is 2.23. The lowest BCUT2D eigenvalue weighted by Crippen LogP contribution is -2.31. The highest BCUT2D eigenvalue weighted by atomic mass is 32.2. The molecule has 0 radical (unpaired) electrons. The fourth-order valence-corrected chi connectivity index (χ4v) is 4.30. The Morgan fingerprint density at radius 3 is 2.29 bits per heavy atom. The minimum Gasteiger partial charge on any atom is -0.496 e. The summed E-state index contributed by atoms with van der Waals surface area (Å²) in [5.74, 6) is -0.0640. The average molecular weight is 405 g/mol. The summed E-state index contributed by atoms with van der Waals surface area (Å²) >= 11 is 0. The van der Waals surface area contributed by atoms with Crippen molar-refractivity contribution >= 4 is 15.9 Å². The standard InChI is InChI=1S/C21H28N2O4S/c1-13(2)22-21(24)19-12-17(8-10-20(19)27-6)28(25,26)23-16(5)18-9-7-14(3)11-15(18)4/h7-13,16,23H,1-6H3,(H,22,24)/t16-/m1/s1. The maximum Gasteiger partial charge on any atom is 0.255 e. The number of methoxy groups -OCH3 is 1. The number of ether oxygens (including phenoxy) is 1. The van der Waals surface area contributed by atoms with E-state index in [-0.39, 0.29) is 22.4 Å². The van der Waals surface area contributed by atoms with E-state index >= 15 is 0 Å². The zero-order valence-corrected chi connectivity index (χ0v) is 18.0. The minimum absolute atomic E-state index is 0.0128. The summed E-state index contributed by atoms with van der Waals surface area (Å²) in [6.07, 6.45) is 0. The molecule has 0 aliphatic rings. The van der Waals surface area contributed by atoms with Gasteiger partial charge in [0.25, 0.3) is 5.91 Å². The van der Waals surface area contributed by atoms with E-state index in [0.29, 0.717) is 5.75 Å². The van der Waals surface area contributed by atoms with E-state index in [1.807, 2.05) is 45.9 Å². The molecule has 2 rings (SSSR count). The summed E-state index contributed by atoms with van der Waals surface area (Å²) in [5, 5.41) is 2.76. The Kier molecular flexibility index (Phi) is 6.85. The number of carbonyl (C=O) groups excluding carboxylic acids is 1. The average Bonchev–Trinajstić information content (AvgIpc) is 2.59.